The van der Waals surface area contributed by atoms with Crippen molar-refractivity contribution in [1.29, 1.82) is 0 Å². The molecule has 0 saturated carbocycles. The largest absolute Gasteiger partial charge is 0.278 e. The first-order valence-electron chi connectivity index (χ1n) is 22.5. The Morgan fingerprint density at radius 1 is 0.369 bits per heavy atom. The zero-order chi connectivity index (χ0) is 43.5. The van der Waals surface area contributed by atoms with Crippen LogP contribution in [0, 0.1) is 0 Å². The zero-order valence-corrected chi connectivity index (χ0v) is 36.4. The SMILES string of the molecule is CC1(C)c2ccccc2-c2cc3c4ccccc4n(-c4nc(-c5ccccc5)cc(-c5cccc(-c6cc(-c7ccccc7)c(Cc7ccccc7)c(-c7ccccc7)c6)c5)n4)c3cc21. The summed E-state index contributed by atoms with van der Waals surface area (Å²) >= 11 is 0. The van der Waals surface area contributed by atoms with E-state index in [1.165, 1.54) is 66.4 Å². The molecule has 0 N–H and O–H groups in total. The number of hydrogen-bond acceptors (Lipinski definition) is 2. The van der Waals surface area contributed by atoms with Crippen molar-refractivity contribution < 1.29 is 0 Å². The lowest BCUT2D eigenvalue weighted by Gasteiger charge is -2.21. The average molecular weight is 832 g/mol. The molecule has 2 aromatic heterocycles. The minimum Gasteiger partial charge on any atom is -0.278 e. The Hall–Kier alpha value is -8.14. The molecule has 0 radical (unpaired) electrons. The van der Waals surface area contributed by atoms with Crippen LogP contribution in [0.3, 0.4) is 0 Å². The van der Waals surface area contributed by atoms with Gasteiger partial charge in [-0.2, -0.15) is 0 Å². The molecule has 0 aliphatic heterocycles. The highest BCUT2D eigenvalue weighted by atomic mass is 15.2. The Balaban J connectivity index is 1.06. The fourth-order valence-electron chi connectivity index (χ4n) is 10.3. The summed E-state index contributed by atoms with van der Waals surface area (Å²) in [6.07, 6.45) is 0.817. The molecule has 0 amide bonds. The van der Waals surface area contributed by atoms with Crippen molar-refractivity contribution in [2.45, 2.75) is 25.7 Å². The first-order chi connectivity index (χ1) is 32.0. The molecule has 11 aromatic rings. The van der Waals surface area contributed by atoms with E-state index >= 15 is 0 Å². The molecule has 0 atom stereocenters. The maximum atomic E-state index is 5.52. The maximum absolute atomic E-state index is 5.52. The van der Waals surface area contributed by atoms with Crippen LogP contribution in [-0.2, 0) is 11.8 Å². The van der Waals surface area contributed by atoms with Gasteiger partial charge in [0, 0.05) is 27.3 Å². The van der Waals surface area contributed by atoms with Gasteiger partial charge in [-0.3, -0.25) is 4.57 Å². The van der Waals surface area contributed by atoms with Crippen LogP contribution in [0.1, 0.15) is 36.1 Å². The van der Waals surface area contributed by atoms with E-state index in [-0.39, 0.29) is 5.41 Å². The van der Waals surface area contributed by atoms with Crippen molar-refractivity contribution in [2.24, 2.45) is 0 Å². The molecule has 0 spiro atoms. The molecule has 308 valence electrons. The second-order valence-corrected chi connectivity index (χ2v) is 17.8. The first-order valence-corrected chi connectivity index (χ1v) is 22.5. The first kappa shape index (κ1) is 38.5. The second kappa shape index (κ2) is 15.6. The number of para-hydroxylation sites is 1. The summed E-state index contributed by atoms with van der Waals surface area (Å²) in [6.45, 7) is 4.69. The topological polar surface area (TPSA) is 30.7 Å². The van der Waals surface area contributed by atoms with Gasteiger partial charge in [-0.05, 0) is 116 Å². The van der Waals surface area contributed by atoms with Gasteiger partial charge in [0.2, 0.25) is 5.95 Å². The molecule has 0 fully saturated rings. The molecule has 12 rings (SSSR count). The lowest BCUT2D eigenvalue weighted by atomic mass is 9.82. The van der Waals surface area contributed by atoms with Crippen LogP contribution in [0.5, 0.6) is 0 Å². The van der Waals surface area contributed by atoms with E-state index < -0.39 is 0 Å². The summed E-state index contributed by atoms with van der Waals surface area (Å²) in [4.78, 5) is 10.9. The molecule has 9 aromatic carbocycles. The van der Waals surface area contributed by atoms with Crippen LogP contribution in [0.4, 0.5) is 0 Å². The van der Waals surface area contributed by atoms with E-state index in [1.807, 2.05) is 0 Å². The van der Waals surface area contributed by atoms with Crippen molar-refractivity contribution in [1.82, 2.24) is 14.5 Å². The summed E-state index contributed by atoms with van der Waals surface area (Å²) in [5.41, 5.74) is 20.9. The van der Waals surface area contributed by atoms with Crippen LogP contribution >= 0.6 is 0 Å². The number of aromatic nitrogens is 3. The molecule has 3 nitrogen and oxygen atoms in total. The summed E-state index contributed by atoms with van der Waals surface area (Å²) in [7, 11) is 0. The highest BCUT2D eigenvalue weighted by Crippen LogP contribution is 2.51. The molecule has 1 aliphatic rings. The number of benzene rings is 9. The van der Waals surface area contributed by atoms with Gasteiger partial charge in [-0.1, -0.05) is 196 Å². The molecule has 0 saturated heterocycles. The minimum atomic E-state index is -0.153. The molecule has 65 heavy (non-hydrogen) atoms. The third-order valence-corrected chi connectivity index (χ3v) is 13.5. The average Bonchev–Trinajstić information content (AvgIpc) is 3.81. The lowest BCUT2D eigenvalue weighted by Crippen LogP contribution is -2.15. The van der Waals surface area contributed by atoms with Crippen LogP contribution in [0.25, 0.3) is 94.8 Å². The third-order valence-electron chi connectivity index (χ3n) is 13.5. The third kappa shape index (κ3) is 6.67. The Morgan fingerprint density at radius 3 is 1.62 bits per heavy atom. The predicted octanol–water partition coefficient (Wildman–Crippen LogP) is 15.8. The zero-order valence-electron chi connectivity index (χ0n) is 36.4. The monoisotopic (exact) mass is 831 g/mol. The van der Waals surface area contributed by atoms with E-state index in [0.29, 0.717) is 5.95 Å². The molecule has 3 heteroatoms. The summed E-state index contributed by atoms with van der Waals surface area (Å²) in [6, 6.07) is 81.1. The normalized spacial score (nSPS) is 12.6. The van der Waals surface area contributed by atoms with E-state index in [2.05, 4.69) is 243 Å². The molecule has 2 heterocycles. The maximum Gasteiger partial charge on any atom is 0.235 e. The van der Waals surface area contributed by atoms with Gasteiger partial charge in [-0.15, -0.1) is 0 Å². The van der Waals surface area contributed by atoms with Crippen LogP contribution < -0.4 is 0 Å². The van der Waals surface area contributed by atoms with Crippen LogP contribution in [0.2, 0.25) is 0 Å². The van der Waals surface area contributed by atoms with Crippen molar-refractivity contribution in [3.8, 4) is 73.0 Å². The molecule has 0 unspecified atom stereocenters. The standard InChI is InChI=1S/C62H45N3/c1-62(2)55-32-17-15-30-48(55)53-38-54-49-31-16-18-33-59(49)65(60(54)39-56(53)62)61-63-57(44-26-13-6-14-27-44)40-58(64-61)46-29-19-28-45(35-46)47-36-50(42-22-9-4-10-23-42)52(34-41-20-7-3-8-21-41)51(37-47)43-24-11-5-12-25-43/h3-33,35-40H,34H2,1-2H3. The van der Waals surface area contributed by atoms with Gasteiger partial charge in [0.1, 0.15) is 0 Å². The second-order valence-electron chi connectivity index (χ2n) is 17.8. The van der Waals surface area contributed by atoms with Crippen molar-refractivity contribution in [3.05, 3.63) is 247 Å². The van der Waals surface area contributed by atoms with Crippen molar-refractivity contribution >= 4 is 21.8 Å². The van der Waals surface area contributed by atoms with Crippen LogP contribution in [-0.4, -0.2) is 14.5 Å². The fraction of sp³-hybridized carbons (Fsp3) is 0.0645. The quantitative estimate of drug-likeness (QED) is 0.153. The number of nitrogens with zero attached hydrogens (tertiary/aromatic N) is 3. The van der Waals surface area contributed by atoms with E-state index in [9.17, 15) is 0 Å². The molecular weight excluding hydrogens is 787 g/mol. The van der Waals surface area contributed by atoms with Gasteiger partial charge in [-0.25, -0.2) is 9.97 Å². The van der Waals surface area contributed by atoms with Crippen LogP contribution in [0.15, 0.2) is 224 Å². The van der Waals surface area contributed by atoms with Gasteiger partial charge < -0.3 is 0 Å². The number of hydrogen-bond donors (Lipinski definition) is 0. The summed E-state index contributed by atoms with van der Waals surface area (Å²) < 4.78 is 2.29. The molecule has 1 aliphatic carbocycles. The molecular formula is C62H45N3. The smallest absolute Gasteiger partial charge is 0.235 e. The van der Waals surface area contributed by atoms with Gasteiger partial charge in [0.15, 0.2) is 0 Å². The van der Waals surface area contributed by atoms with Crippen molar-refractivity contribution in [3.63, 3.8) is 0 Å². The Bertz CT molecular complexity index is 3510. The summed E-state index contributed by atoms with van der Waals surface area (Å²) in [5.74, 6) is 0.647. The van der Waals surface area contributed by atoms with E-state index in [4.69, 9.17) is 9.97 Å². The highest BCUT2D eigenvalue weighted by Gasteiger charge is 2.36. The molecule has 0 bridgehead atoms. The highest BCUT2D eigenvalue weighted by molar-refractivity contribution is 6.11. The number of rotatable bonds is 8. The Kier molecular flexibility index (Phi) is 9.24. The predicted molar refractivity (Wildman–Crippen MR) is 270 cm³/mol. The Labute approximate surface area is 380 Å². The van der Waals surface area contributed by atoms with Gasteiger partial charge in [0.25, 0.3) is 0 Å². The van der Waals surface area contributed by atoms with E-state index in [0.717, 1.165) is 51.1 Å². The van der Waals surface area contributed by atoms with E-state index in [1.54, 1.807) is 0 Å². The van der Waals surface area contributed by atoms with Gasteiger partial charge in [0.05, 0.1) is 22.4 Å². The van der Waals surface area contributed by atoms with Crippen molar-refractivity contribution in [2.75, 3.05) is 0 Å². The minimum absolute atomic E-state index is 0.153. The van der Waals surface area contributed by atoms with Gasteiger partial charge >= 0.3 is 0 Å². The fourth-order valence-corrected chi connectivity index (χ4v) is 10.3. The lowest BCUT2D eigenvalue weighted by molar-refractivity contribution is 0.661. The summed E-state index contributed by atoms with van der Waals surface area (Å²) in [5, 5.41) is 2.38. The Morgan fingerprint density at radius 2 is 0.923 bits per heavy atom. The number of fused-ring (bicyclic) bond motifs is 6.